The van der Waals surface area contributed by atoms with Crippen LogP contribution in [0.25, 0.3) is 38.9 Å². The van der Waals surface area contributed by atoms with Crippen LogP contribution in [-0.2, 0) is 17.7 Å². The van der Waals surface area contributed by atoms with Crippen LogP contribution < -0.4 is 5.56 Å². The van der Waals surface area contributed by atoms with Crippen molar-refractivity contribution in [2.75, 3.05) is 6.61 Å². The van der Waals surface area contributed by atoms with Gasteiger partial charge in [-0.05, 0) is 55.3 Å². The summed E-state index contributed by atoms with van der Waals surface area (Å²) in [5.41, 5.74) is 5.11. The molecule has 0 bridgehead atoms. The van der Waals surface area contributed by atoms with Crippen molar-refractivity contribution < 1.29 is 9.53 Å². The van der Waals surface area contributed by atoms with Gasteiger partial charge in [0, 0.05) is 6.54 Å². The smallest absolute Gasteiger partial charge is 0.338 e. The highest BCUT2D eigenvalue weighted by atomic mass is 16.5. The Morgan fingerprint density at radius 1 is 0.865 bits per heavy atom. The number of nitrogens with zero attached hydrogens (tertiary/aromatic N) is 5. The Hall–Kier alpha value is -4.85. The number of para-hydroxylation sites is 2. The maximum Gasteiger partial charge on any atom is 0.338 e. The fourth-order valence-corrected chi connectivity index (χ4v) is 4.56. The van der Waals surface area contributed by atoms with Crippen LogP contribution in [0.3, 0.4) is 0 Å². The number of fused-ring (bicyclic) bond motifs is 4. The Morgan fingerprint density at radius 3 is 2.30 bits per heavy atom. The van der Waals surface area contributed by atoms with E-state index in [4.69, 9.17) is 19.7 Å². The lowest BCUT2D eigenvalue weighted by Crippen LogP contribution is -2.19. The van der Waals surface area contributed by atoms with Gasteiger partial charge in [0.15, 0.2) is 11.3 Å². The molecule has 0 amide bonds. The summed E-state index contributed by atoms with van der Waals surface area (Å²) in [5.74, 6) is -0.404. The Bertz CT molecular complexity index is 1820. The maximum atomic E-state index is 13.8. The van der Waals surface area contributed by atoms with Gasteiger partial charge in [0.25, 0.3) is 5.56 Å². The number of ether oxygens (including phenoxy) is 1. The molecule has 0 aliphatic rings. The van der Waals surface area contributed by atoms with E-state index in [1.54, 1.807) is 31.2 Å². The molecule has 182 valence electrons. The summed E-state index contributed by atoms with van der Waals surface area (Å²) in [6.45, 7) is 2.65. The lowest BCUT2D eigenvalue weighted by Gasteiger charge is -2.08. The van der Waals surface area contributed by atoms with Crippen LogP contribution >= 0.6 is 0 Å². The second-order valence-corrected chi connectivity index (χ2v) is 8.66. The zero-order chi connectivity index (χ0) is 25.4. The van der Waals surface area contributed by atoms with E-state index in [2.05, 4.69) is 12.1 Å². The summed E-state index contributed by atoms with van der Waals surface area (Å²) < 4.78 is 8.50. The first-order valence-corrected chi connectivity index (χ1v) is 12.1. The highest BCUT2D eigenvalue weighted by Gasteiger charge is 2.20. The Kier molecular flexibility index (Phi) is 5.69. The molecule has 0 N–H and O–H groups in total. The molecule has 0 unspecified atom stereocenters. The van der Waals surface area contributed by atoms with Crippen LogP contribution in [0, 0.1) is 0 Å². The van der Waals surface area contributed by atoms with E-state index in [0.717, 1.165) is 11.9 Å². The van der Waals surface area contributed by atoms with Gasteiger partial charge >= 0.3 is 5.97 Å². The normalized spacial score (nSPS) is 11.4. The zero-order valence-corrected chi connectivity index (χ0v) is 20.2. The minimum Gasteiger partial charge on any atom is -0.462 e. The summed E-state index contributed by atoms with van der Waals surface area (Å²) in [6, 6.07) is 24.5. The molecule has 0 saturated heterocycles. The predicted molar refractivity (Wildman–Crippen MR) is 142 cm³/mol. The van der Waals surface area contributed by atoms with Crippen LogP contribution in [0.2, 0.25) is 0 Å². The quantitative estimate of drug-likeness (QED) is 0.315. The highest BCUT2D eigenvalue weighted by Crippen LogP contribution is 2.26. The van der Waals surface area contributed by atoms with Gasteiger partial charge in [0.2, 0.25) is 0 Å². The Balaban J connectivity index is 1.52. The molecule has 3 aromatic carbocycles. The third-order valence-corrected chi connectivity index (χ3v) is 6.38. The molecule has 6 aromatic rings. The summed E-state index contributed by atoms with van der Waals surface area (Å²) >= 11 is 0. The van der Waals surface area contributed by atoms with E-state index in [9.17, 15) is 9.59 Å². The van der Waals surface area contributed by atoms with Crippen molar-refractivity contribution in [3.8, 4) is 5.69 Å². The van der Waals surface area contributed by atoms with Crippen molar-refractivity contribution in [3.05, 3.63) is 107 Å². The van der Waals surface area contributed by atoms with E-state index < -0.39 is 5.97 Å². The first-order chi connectivity index (χ1) is 18.1. The summed E-state index contributed by atoms with van der Waals surface area (Å²) in [7, 11) is 0. The maximum absolute atomic E-state index is 13.8. The van der Waals surface area contributed by atoms with Crippen molar-refractivity contribution in [3.63, 3.8) is 0 Å². The first kappa shape index (κ1) is 22.6. The number of carbonyl (C=O) groups excluding carboxylic acids is 1. The molecule has 8 nitrogen and oxygen atoms in total. The Labute approximate surface area is 211 Å². The summed E-state index contributed by atoms with van der Waals surface area (Å²) in [5, 5.41) is 0.415. The molecule has 0 saturated carbocycles. The standard InChI is InChI=1S/C29H23N5O3/c1-2-37-29(36)20-12-14-21(15-13-20)34-18-30-26-24(28(34)35)25-27(32-23-11-7-6-10-22(23)31-25)33(26)17-16-19-8-4-3-5-9-19/h3-15,18H,2,16-17H2,1H3. The van der Waals surface area contributed by atoms with Gasteiger partial charge in [-0.25, -0.2) is 19.7 Å². The third-order valence-electron chi connectivity index (χ3n) is 6.38. The number of aromatic nitrogens is 5. The molecule has 0 aliphatic heterocycles. The van der Waals surface area contributed by atoms with Crippen LogP contribution in [0.5, 0.6) is 0 Å². The molecule has 3 aromatic heterocycles. The third kappa shape index (κ3) is 4.02. The number of hydrogen-bond acceptors (Lipinski definition) is 6. The lowest BCUT2D eigenvalue weighted by atomic mass is 10.1. The predicted octanol–water partition coefficient (Wildman–Crippen LogP) is 4.70. The highest BCUT2D eigenvalue weighted by molar-refractivity contribution is 6.04. The number of aryl methyl sites for hydroxylation is 2. The molecular formula is C29H23N5O3. The second kappa shape index (κ2) is 9.31. The van der Waals surface area contributed by atoms with E-state index in [-0.39, 0.29) is 5.56 Å². The van der Waals surface area contributed by atoms with Gasteiger partial charge in [-0.15, -0.1) is 0 Å². The van der Waals surface area contributed by atoms with Crippen LogP contribution in [0.4, 0.5) is 0 Å². The number of rotatable bonds is 6. The molecular weight excluding hydrogens is 466 g/mol. The summed E-state index contributed by atoms with van der Waals surface area (Å²) in [4.78, 5) is 40.3. The van der Waals surface area contributed by atoms with Crippen molar-refractivity contribution in [1.82, 2.24) is 24.1 Å². The average Bonchev–Trinajstić information content (AvgIpc) is 3.24. The van der Waals surface area contributed by atoms with E-state index >= 15 is 0 Å². The zero-order valence-electron chi connectivity index (χ0n) is 20.2. The van der Waals surface area contributed by atoms with Crippen LogP contribution in [-0.4, -0.2) is 36.7 Å². The Morgan fingerprint density at radius 2 is 1.57 bits per heavy atom. The van der Waals surface area contributed by atoms with Gasteiger partial charge in [0.1, 0.15) is 17.2 Å². The molecule has 0 aliphatic carbocycles. The van der Waals surface area contributed by atoms with Crippen molar-refractivity contribution in [1.29, 1.82) is 0 Å². The average molecular weight is 490 g/mol. The topological polar surface area (TPSA) is 91.9 Å². The lowest BCUT2D eigenvalue weighted by molar-refractivity contribution is 0.0526. The van der Waals surface area contributed by atoms with Crippen molar-refractivity contribution in [2.45, 2.75) is 19.9 Å². The van der Waals surface area contributed by atoms with Crippen LogP contribution in [0.15, 0.2) is 90.0 Å². The molecule has 37 heavy (non-hydrogen) atoms. The largest absolute Gasteiger partial charge is 0.462 e. The molecule has 0 radical (unpaired) electrons. The van der Waals surface area contributed by atoms with E-state index in [0.29, 0.717) is 52.1 Å². The summed E-state index contributed by atoms with van der Waals surface area (Å²) in [6.07, 6.45) is 2.27. The minimum absolute atomic E-state index is 0.248. The fraction of sp³-hybridized carbons (Fsp3) is 0.138. The molecule has 0 fully saturated rings. The number of esters is 1. The molecule has 8 heteroatoms. The first-order valence-electron chi connectivity index (χ1n) is 12.1. The van der Waals surface area contributed by atoms with Crippen molar-refractivity contribution in [2.24, 2.45) is 0 Å². The molecule has 6 rings (SSSR count). The van der Waals surface area contributed by atoms with Crippen LogP contribution in [0.1, 0.15) is 22.8 Å². The minimum atomic E-state index is -0.404. The van der Waals surface area contributed by atoms with E-state index in [1.165, 1.54) is 16.5 Å². The van der Waals surface area contributed by atoms with Crippen molar-refractivity contribution >= 4 is 39.2 Å². The number of benzene rings is 3. The SMILES string of the molecule is CCOC(=O)c1ccc(-n2cnc3c(c2=O)c2nc4ccccc4nc2n3CCc2ccccc2)cc1. The second-order valence-electron chi connectivity index (χ2n) is 8.66. The monoisotopic (exact) mass is 489 g/mol. The molecule has 3 heterocycles. The molecule has 0 atom stereocenters. The van der Waals surface area contributed by atoms with E-state index in [1.807, 2.05) is 47.0 Å². The van der Waals surface area contributed by atoms with Gasteiger partial charge in [-0.3, -0.25) is 9.36 Å². The number of carbonyl (C=O) groups is 1. The number of hydrogen-bond donors (Lipinski definition) is 0. The van der Waals surface area contributed by atoms with Gasteiger partial charge in [-0.2, -0.15) is 0 Å². The molecule has 0 spiro atoms. The van der Waals surface area contributed by atoms with Gasteiger partial charge < -0.3 is 9.30 Å². The van der Waals surface area contributed by atoms with Gasteiger partial charge in [0.05, 0.1) is 28.9 Å². The fourth-order valence-electron chi connectivity index (χ4n) is 4.56. The van der Waals surface area contributed by atoms with Gasteiger partial charge in [-0.1, -0.05) is 42.5 Å².